The van der Waals surface area contributed by atoms with Crippen LogP contribution in [0.1, 0.15) is 84.0 Å². The van der Waals surface area contributed by atoms with E-state index in [1.165, 1.54) is 44.9 Å². The molecule has 1 unspecified atom stereocenters. The molecule has 0 saturated heterocycles. The van der Waals surface area contributed by atoms with Crippen molar-refractivity contribution in [2.75, 3.05) is 0 Å². The highest BCUT2D eigenvalue weighted by molar-refractivity contribution is 6.22. The smallest absolute Gasteiger partial charge is 0.168 e. The van der Waals surface area contributed by atoms with Crippen molar-refractivity contribution in [2.45, 2.75) is 90.1 Å². The monoisotopic (exact) mass is 309 g/mol. The van der Waals surface area contributed by atoms with Crippen LogP contribution in [0.25, 0.3) is 0 Å². The Labute approximate surface area is 134 Å². The number of nitrogens with one attached hydrogen (secondary N) is 1. The van der Waals surface area contributed by atoms with Crippen molar-refractivity contribution < 1.29 is 15.0 Å². The molecule has 1 rings (SSSR count). The van der Waals surface area contributed by atoms with Gasteiger partial charge in [0.05, 0.1) is 5.57 Å². The van der Waals surface area contributed by atoms with Gasteiger partial charge in [-0.15, -0.1) is 0 Å². The zero-order valence-electron chi connectivity index (χ0n) is 13.9. The second-order valence-electron chi connectivity index (χ2n) is 6.29. The molecule has 22 heavy (non-hydrogen) atoms. The van der Waals surface area contributed by atoms with Crippen molar-refractivity contribution in [1.29, 1.82) is 5.41 Å². The normalized spacial score (nSPS) is 18.8. The highest BCUT2D eigenvalue weighted by atomic mass is 16.3. The zero-order valence-corrected chi connectivity index (χ0v) is 13.9. The number of rotatable bonds is 11. The summed E-state index contributed by atoms with van der Waals surface area (Å²) in [5.74, 6) is -0.499. The molecule has 0 aliphatic heterocycles. The van der Waals surface area contributed by atoms with Gasteiger partial charge in [0.1, 0.15) is 11.9 Å². The molecule has 0 aromatic heterocycles. The third-order valence-corrected chi connectivity index (χ3v) is 4.33. The van der Waals surface area contributed by atoms with E-state index in [0.717, 1.165) is 12.8 Å². The topological polar surface area (TPSA) is 81.4 Å². The molecule has 0 heterocycles. The number of Topliss-reactive ketones (excluding diaryl/α,β-unsaturated/α-hetero) is 1. The predicted octanol–water partition coefficient (Wildman–Crippen LogP) is 4.46. The third kappa shape index (κ3) is 6.30. The van der Waals surface area contributed by atoms with Crippen molar-refractivity contribution in [2.24, 2.45) is 0 Å². The molecule has 1 aliphatic rings. The Morgan fingerprint density at radius 1 is 1.09 bits per heavy atom. The highest BCUT2D eigenvalue weighted by Crippen LogP contribution is 2.23. The Hall–Kier alpha value is -1.16. The molecule has 1 aliphatic carbocycles. The number of aliphatic hydroxyl groups excluding tert-OH is 2. The average molecular weight is 309 g/mol. The zero-order chi connectivity index (χ0) is 16.4. The molecule has 0 amide bonds. The van der Waals surface area contributed by atoms with E-state index in [2.05, 4.69) is 6.92 Å². The molecule has 0 fully saturated rings. The summed E-state index contributed by atoms with van der Waals surface area (Å²) in [6, 6.07) is 0. The lowest BCUT2D eigenvalue weighted by atomic mass is 9.89. The molecule has 3 N–H and O–H groups in total. The fourth-order valence-corrected chi connectivity index (χ4v) is 2.90. The molecule has 4 heteroatoms. The van der Waals surface area contributed by atoms with Crippen LogP contribution in [0, 0.1) is 5.41 Å². The number of carbonyl (C=O) groups is 1. The van der Waals surface area contributed by atoms with Gasteiger partial charge in [-0.3, -0.25) is 4.79 Å². The minimum absolute atomic E-state index is 0.0679. The van der Waals surface area contributed by atoms with Gasteiger partial charge >= 0.3 is 0 Å². The van der Waals surface area contributed by atoms with E-state index < -0.39 is 6.10 Å². The van der Waals surface area contributed by atoms with Crippen LogP contribution in [-0.2, 0) is 4.79 Å². The Balaban J connectivity index is 2.18. The first-order valence-electron chi connectivity index (χ1n) is 8.80. The van der Waals surface area contributed by atoms with E-state index in [-0.39, 0.29) is 35.7 Å². The van der Waals surface area contributed by atoms with Crippen LogP contribution < -0.4 is 0 Å². The Bertz CT molecular complexity index is 401. The summed E-state index contributed by atoms with van der Waals surface area (Å²) in [7, 11) is 0. The maximum absolute atomic E-state index is 11.8. The summed E-state index contributed by atoms with van der Waals surface area (Å²) < 4.78 is 0. The van der Waals surface area contributed by atoms with Gasteiger partial charge in [0.15, 0.2) is 5.78 Å². The van der Waals surface area contributed by atoms with E-state index in [1.807, 2.05) is 0 Å². The minimum Gasteiger partial charge on any atom is -0.509 e. The van der Waals surface area contributed by atoms with E-state index in [0.29, 0.717) is 6.42 Å². The first-order valence-corrected chi connectivity index (χ1v) is 8.80. The van der Waals surface area contributed by atoms with E-state index in [1.54, 1.807) is 0 Å². The molecule has 126 valence electrons. The minimum atomic E-state index is -0.976. The lowest BCUT2D eigenvalue weighted by Crippen LogP contribution is -2.27. The van der Waals surface area contributed by atoms with Crippen molar-refractivity contribution in [3.63, 3.8) is 0 Å². The molecule has 0 spiro atoms. The van der Waals surface area contributed by atoms with E-state index >= 15 is 0 Å². The third-order valence-electron chi connectivity index (χ3n) is 4.33. The first-order chi connectivity index (χ1) is 10.6. The van der Waals surface area contributed by atoms with Gasteiger partial charge in [-0.1, -0.05) is 58.3 Å². The lowest BCUT2D eigenvalue weighted by Gasteiger charge is -2.20. The number of aliphatic hydroxyl groups is 2. The van der Waals surface area contributed by atoms with Crippen LogP contribution in [0.4, 0.5) is 0 Å². The van der Waals surface area contributed by atoms with Crippen molar-refractivity contribution in [1.82, 2.24) is 0 Å². The summed E-state index contributed by atoms with van der Waals surface area (Å²) in [5.41, 5.74) is 0.252. The molecule has 0 saturated carbocycles. The summed E-state index contributed by atoms with van der Waals surface area (Å²) in [6.45, 7) is 2.22. The number of hydrogen-bond acceptors (Lipinski definition) is 4. The second kappa shape index (κ2) is 10.5. The van der Waals surface area contributed by atoms with Gasteiger partial charge in [0.25, 0.3) is 0 Å². The summed E-state index contributed by atoms with van der Waals surface area (Å²) in [6.07, 6.45) is 10.9. The fourth-order valence-electron chi connectivity index (χ4n) is 2.90. The quantitative estimate of drug-likeness (QED) is 0.389. The standard InChI is InChI=1S/C18H31NO3/c1-2-3-4-5-6-7-8-9-10-11-14(19)17-15(20)12-13-16(21)18(17)22/h16,19,21-22H,2-13H2,1H3. The molecule has 0 bridgehead atoms. The predicted molar refractivity (Wildman–Crippen MR) is 89.5 cm³/mol. The highest BCUT2D eigenvalue weighted by Gasteiger charge is 2.29. The van der Waals surface area contributed by atoms with Gasteiger partial charge in [-0.05, 0) is 19.3 Å². The number of ketones is 1. The molecule has 0 aromatic rings. The van der Waals surface area contributed by atoms with Crippen LogP contribution in [0.3, 0.4) is 0 Å². The molecule has 0 aromatic carbocycles. The molecular formula is C18H31NO3. The number of hydrogen-bond donors (Lipinski definition) is 3. The fraction of sp³-hybridized carbons (Fsp3) is 0.778. The second-order valence-corrected chi connectivity index (χ2v) is 6.29. The molecule has 4 nitrogen and oxygen atoms in total. The van der Waals surface area contributed by atoms with Crippen molar-refractivity contribution in [3.8, 4) is 0 Å². The lowest BCUT2D eigenvalue weighted by molar-refractivity contribution is -0.116. The van der Waals surface area contributed by atoms with Gasteiger partial charge in [0.2, 0.25) is 0 Å². The van der Waals surface area contributed by atoms with Crippen LogP contribution in [0.5, 0.6) is 0 Å². The van der Waals surface area contributed by atoms with Gasteiger partial charge in [0, 0.05) is 12.1 Å². The number of unbranched alkanes of at least 4 members (excludes halogenated alkanes) is 8. The molecule has 1 atom stereocenters. The molecular weight excluding hydrogens is 278 g/mol. The summed E-state index contributed by atoms with van der Waals surface area (Å²) in [5, 5.41) is 27.4. The van der Waals surface area contributed by atoms with Gasteiger partial charge < -0.3 is 15.6 Å². The Kier molecular flexibility index (Phi) is 9.05. The first kappa shape index (κ1) is 18.9. The maximum Gasteiger partial charge on any atom is 0.168 e. The summed E-state index contributed by atoms with van der Waals surface area (Å²) in [4.78, 5) is 11.8. The van der Waals surface area contributed by atoms with E-state index in [4.69, 9.17) is 5.41 Å². The maximum atomic E-state index is 11.8. The van der Waals surface area contributed by atoms with Crippen LogP contribution in [-0.4, -0.2) is 27.8 Å². The van der Waals surface area contributed by atoms with Gasteiger partial charge in [-0.2, -0.15) is 0 Å². The molecule has 0 radical (unpaired) electrons. The van der Waals surface area contributed by atoms with Crippen molar-refractivity contribution >= 4 is 11.5 Å². The van der Waals surface area contributed by atoms with E-state index in [9.17, 15) is 15.0 Å². The van der Waals surface area contributed by atoms with Crippen LogP contribution in [0.15, 0.2) is 11.3 Å². The Morgan fingerprint density at radius 3 is 2.23 bits per heavy atom. The van der Waals surface area contributed by atoms with Gasteiger partial charge in [-0.25, -0.2) is 0 Å². The van der Waals surface area contributed by atoms with Crippen molar-refractivity contribution in [3.05, 3.63) is 11.3 Å². The average Bonchev–Trinajstić information content (AvgIpc) is 2.50. The Morgan fingerprint density at radius 2 is 1.64 bits per heavy atom. The van der Waals surface area contributed by atoms with Crippen LogP contribution in [0.2, 0.25) is 0 Å². The number of allylic oxidation sites excluding steroid dienone is 1. The summed E-state index contributed by atoms with van der Waals surface area (Å²) >= 11 is 0. The SMILES string of the molecule is CCCCCCCCCCCC(=N)C1=C(O)C(O)CCC1=O. The van der Waals surface area contributed by atoms with Crippen LogP contribution >= 0.6 is 0 Å². The number of carbonyl (C=O) groups excluding carboxylic acids is 1. The largest absolute Gasteiger partial charge is 0.509 e.